The third-order valence-corrected chi connectivity index (χ3v) is 10.1. The molecule has 236 valence electrons. The van der Waals surface area contributed by atoms with Crippen molar-refractivity contribution in [2.75, 3.05) is 17.4 Å². The predicted octanol–water partition coefficient (Wildman–Crippen LogP) is 7.40. The Balaban J connectivity index is 1.81. The molecule has 4 aromatic carbocycles. The zero-order valence-corrected chi connectivity index (χ0v) is 27.8. The van der Waals surface area contributed by atoms with Crippen LogP contribution in [0.1, 0.15) is 30.9 Å². The molecule has 1 N–H and O–H groups in total. The molecule has 0 aliphatic carbocycles. The first-order valence-electron chi connectivity index (χ1n) is 14.5. The van der Waals surface area contributed by atoms with Gasteiger partial charge < -0.3 is 10.2 Å². The van der Waals surface area contributed by atoms with Crippen LogP contribution in [0.3, 0.4) is 0 Å². The van der Waals surface area contributed by atoms with Crippen LogP contribution < -0.4 is 9.62 Å². The average Bonchev–Trinajstić information content (AvgIpc) is 3.04. The van der Waals surface area contributed by atoms with Crippen LogP contribution >= 0.6 is 34.8 Å². The largest absolute Gasteiger partial charge is 0.354 e. The van der Waals surface area contributed by atoms with Crippen molar-refractivity contribution >= 4 is 62.3 Å². The lowest BCUT2D eigenvalue weighted by Gasteiger charge is -2.34. The Labute approximate surface area is 279 Å². The van der Waals surface area contributed by atoms with E-state index in [4.69, 9.17) is 34.8 Å². The van der Waals surface area contributed by atoms with Gasteiger partial charge in [0.25, 0.3) is 10.0 Å². The highest BCUT2D eigenvalue weighted by atomic mass is 35.5. The number of nitrogens with one attached hydrogen (secondary N) is 1. The lowest BCUT2D eigenvalue weighted by Crippen LogP contribution is -2.53. The van der Waals surface area contributed by atoms with Crippen LogP contribution in [0.15, 0.2) is 108 Å². The maximum absolute atomic E-state index is 14.5. The van der Waals surface area contributed by atoms with Crippen molar-refractivity contribution in [2.24, 2.45) is 0 Å². The lowest BCUT2D eigenvalue weighted by atomic mass is 10.0. The fourth-order valence-corrected chi connectivity index (χ4v) is 6.67. The average molecular weight is 687 g/mol. The normalized spacial score (nSPS) is 11.9. The summed E-state index contributed by atoms with van der Waals surface area (Å²) < 4.78 is 29.1. The van der Waals surface area contributed by atoms with Gasteiger partial charge in [-0.2, -0.15) is 0 Å². The molecule has 4 aromatic rings. The first kappa shape index (κ1) is 34.3. The molecule has 1 atom stereocenters. The van der Waals surface area contributed by atoms with Crippen LogP contribution in [-0.4, -0.2) is 44.3 Å². The number of hydrogen-bond donors (Lipinski definition) is 1. The Morgan fingerprint density at radius 3 is 2.09 bits per heavy atom. The molecule has 0 bridgehead atoms. The molecule has 11 heteroatoms. The number of sulfonamides is 1. The highest BCUT2D eigenvalue weighted by Crippen LogP contribution is 2.31. The molecule has 7 nitrogen and oxygen atoms in total. The Kier molecular flexibility index (Phi) is 12.3. The number of rotatable bonds is 14. The van der Waals surface area contributed by atoms with Gasteiger partial charge in [-0.1, -0.05) is 115 Å². The topological polar surface area (TPSA) is 86.8 Å². The number of halogens is 3. The van der Waals surface area contributed by atoms with Crippen LogP contribution in [0.25, 0.3) is 0 Å². The van der Waals surface area contributed by atoms with Gasteiger partial charge in [0.15, 0.2) is 0 Å². The van der Waals surface area contributed by atoms with Crippen LogP contribution in [0, 0.1) is 0 Å². The molecule has 0 saturated carbocycles. The van der Waals surface area contributed by atoms with Gasteiger partial charge >= 0.3 is 0 Å². The van der Waals surface area contributed by atoms with E-state index in [-0.39, 0.29) is 39.5 Å². The van der Waals surface area contributed by atoms with Crippen molar-refractivity contribution in [1.82, 2.24) is 10.2 Å². The molecular weight excluding hydrogens is 653 g/mol. The maximum atomic E-state index is 14.5. The highest BCUT2D eigenvalue weighted by Gasteiger charge is 2.35. The van der Waals surface area contributed by atoms with E-state index in [2.05, 4.69) is 5.32 Å². The van der Waals surface area contributed by atoms with Crippen molar-refractivity contribution in [2.45, 2.75) is 43.7 Å². The summed E-state index contributed by atoms with van der Waals surface area (Å²) in [6.07, 6.45) is 1.84. The highest BCUT2D eigenvalue weighted by molar-refractivity contribution is 7.92. The van der Waals surface area contributed by atoms with Crippen molar-refractivity contribution in [3.63, 3.8) is 0 Å². The number of hydrogen-bond acceptors (Lipinski definition) is 4. The minimum atomic E-state index is -4.26. The molecule has 4 rings (SSSR count). The summed E-state index contributed by atoms with van der Waals surface area (Å²) in [5.74, 6) is -0.952. The zero-order chi connectivity index (χ0) is 32.4. The quantitative estimate of drug-likeness (QED) is 0.140. The van der Waals surface area contributed by atoms with E-state index >= 15 is 0 Å². The number of carbonyl (C=O) groups excluding carboxylic acids is 2. The van der Waals surface area contributed by atoms with Gasteiger partial charge in [-0.05, 0) is 53.9 Å². The Hall–Kier alpha value is -3.56. The van der Waals surface area contributed by atoms with Crippen molar-refractivity contribution in [3.8, 4) is 0 Å². The second-order valence-corrected chi connectivity index (χ2v) is 13.5. The second kappa shape index (κ2) is 16.1. The maximum Gasteiger partial charge on any atom is 0.264 e. The van der Waals surface area contributed by atoms with E-state index < -0.39 is 28.5 Å². The summed E-state index contributed by atoms with van der Waals surface area (Å²) in [7, 11) is -4.26. The SMILES string of the molecule is CCCCNC(=O)C(Cc1ccccc1)N(Cc1ccccc1Cl)C(=O)CN(c1ccc(Cl)c(Cl)c1)S(=O)(=O)c1ccccc1. The first-order valence-corrected chi connectivity index (χ1v) is 17.1. The third-order valence-electron chi connectivity index (χ3n) is 7.20. The predicted molar refractivity (Wildman–Crippen MR) is 181 cm³/mol. The second-order valence-electron chi connectivity index (χ2n) is 10.4. The third kappa shape index (κ3) is 9.01. The van der Waals surface area contributed by atoms with Crippen LogP contribution in [0.5, 0.6) is 0 Å². The summed E-state index contributed by atoms with van der Waals surface area (Å²) in [6, 6.07) is 27.6. The fraction of sp³-hybridized carbons (Fsp3) is 0.235. The van der Waals surface area contributed by atoms with E-state index in [0.717, 1.165) is 22.7 Å². The molecule has 0 fully saturated rings. The Morgan fingerprint density at radius 2 is 1.44 bits per heavy atom. The van der Waals surface area contributed by atoms with E-state index in [1.165, 1.54) is 35.2 Å². The van der Waals surface area contributed by atoms with Crippen LogP contribution in [-0.2, 0) is 32.6 Å². The summed E-state index contributed by atoms with van der Waals surface area (Å²) in [4.78, 5) is 29.7. The minimum Gasteiger partial charge on any atom is -0.354 e. The van der Waals surface area contributed by atoms with Gasteiger partial charge in [0.05, 0.1) is 20.6 Å². The van der Waals surface area contributed by atoms with Gasteiger partial charge in [-0.15, -0.1) is 0 Å². The molecule has 0 saturated heterocycles. The van der Waals surface area contributed by atoms with Crippen LogP contribution in [0.2, 0.25) is 15.1 Å². The molecule has 0 spiro atoms. The van der Waals surface area contributed by atoms with E-state index in [1.54, 1.807) is 42.5 Å². The van der Waals surface area contributed by atoms with Gasteiger partial charge in [0, 0.05) is 24.5 Å². The smallest absolute Gasteiger partial charge is 0.264 e. The number of carbonyl (C=O) groups is 2. The first-order chi connectivity index (χ1) is 21.6. The summed E-state index contributed by atoms with van der Waals surface area (Å²) in [6.45, 7) is 1.81. The minimum absolute atomic E-state index is 0.0142. The van der Waals surface area contributed by atoms with Gasteiger partial charge in [0.2, 0.25) is 11.8 Å². The van der Waals surface area contributed by atoms with E-state index in [1.807, 2.05) is 37.3 Å². The standard InChI is InChI=1S/C34H34Cl3N3O4S/c1-2-3-20-38-34(42)32(21-25-12-6-4-7-13-25)39(23-26-14-10-11-17-29(26)35)33(41)24-40(27-18-19-30(36)31(37)22-27)45(43,44)28-15-8-5-9-16-28/h4-19,22,32H,2-3,20-21,23-24H2,1H3,(H,38,42). The van der Waals surface area contributed by atoms with E-state index in [0.29, 0.717) is 17.1 Å². The molecular formula is C34H34Cl3N3O4S. The van der Waals surface area contributed by atoms with Crippen molar-refractivity contribution < 1.29 is 18.0 Å². The number of nitrogens with zero attached hydrogens (tertiary/aromatic N) is 2. The summed E-state index contributed by atoms with van der Waals surface area (Å²) >= 11 is 19.0. The summed E-state index contributed by atoms with van der Waals surface area (Å²) in [5.41, 5.74) is 1.59. The fourth-order valence-electron chi connectivity index (χ4n) is 4.76. The number of amides is 2. The molecule has 0 heterocycles. The number of unbranched alkanes of at least 4 members (excludes halogenated alkanes) is 1. The Bertz CT molecular complexity index is 1710. The molecule has 0 aliphatic heterocycles. The lowest BCUT2D eigenvalue weighted by molar-refractivity contribution is -0.140. The van der Waals surface area contributed by atoms with Crippen LogP contribution in [0.4, 0.5) is 5.69 Å². The van der Waals surface area contributed by atoms with Gasteiger partial charge in [0.1, 0.15) is 12.6 Å². The molecule has 2 amide bonds. The van der Waals surface area contributed by atoms with Crippen molar-refractivity contribution in [3.05, 3.63) is 129 Å². The number of benzene rings is 4. The van der Waals surface area contributed by atoms with Gasteiger partial charge in [-0.3, -0.25) is 13.9 Å². The molecule has 0 aromatic heterocycles. The molecule has 1 unspecified atom stereocenters. The molecule has 0 aliphatic rings. The van der Waals surface area contributed by atoms with Crippen molar-refractivity contribution in [1.29, 1.82) is 0 Å². The molecule has 45 heavy (non-hydrogen) atoms. The molecule has 0 radical (unpaired) electrons. The Morgan fingerprint density at radius 1 is 0.800 bits per heavy atom. The van der Waals surface area contributed by atoms with E-state index in [9.17, 15) is 18.0 Å². The number of anilines is 1. The summed E-state index contributed by atoms with van der Waals surface area (Å²) in [5, 5.41) is 3.74. The zero-order valence-electron chi connectivity index (χ0n) is 24.7. The monoisotopic (exact) mass is 685 g/mol. The van der Waals surface area contributed by atoms with Gasteiger partial charge in [-0.25, -0.2) is 8.42 Å².